The lowest BCUT2D eigenvalue weighted by Gasteiger charge is -2.32. The molecule has 0 saturated carbocycles. The third-order valence-electron chi connectivity index (χ3n) is 3.50. The van der Waals surface area contributed by atoms with Crippen LogP contribution in [0.3, 0.4) is 0 Å². The zero-order chi connectivity index (χ0) is 13.0. The van der Waals surface area contributed by atoms with Gasteiger partial charge in [0.05, 0.1) is 17.4 Å². The van der Waals surface area contributed by atoms with Gasteiger partial charge in [-0.15, -0.1) is 0 Å². The molecule has 1 saturated heterocycles. The molecule has 5 heteroatoms. The molecule has 100 valence electrons. The first-order chi connectivity index (χ1) is 8.69. The standard InChI is InChI=1S/C13H19ClIN3/c1-10(7-15)6-11-2-4-18(5-3-11)13-16-8-12(14)9-17-13/h8-11H,2-7H2,1H3/t10-/m1/s1. The number of aromatic nitrogens is 2. The molecule has 1 aromatic rings. The van der Waals surface area contributed by atoms with Gasteiger partial charge in [0.1, 0.15) is 0 Å². The van der Waals surface area contributed by atoms with Crippen molar-refractivity contribution in [2.45, 2.75) is 26.2 Å². The Kier molecular flexibility index (Phi) is 5.48. The number of rotatable bonds is 4. The summed E-state index contributed by atoms with van der Waals surface area (Å²) in [4.78, 5) is 10.8. The molecule has 2 rings (SSSR count). The molecule has 0 amide bonds. The average Bonchev–Trinajstić information content (AvgIpc) is 2.40. The second-order valence-corrected chi connectivity index (χ2v) is 6.44. The molecule has 0 aromatic carbocycles. The normalized spacial score (nSPS) is 18.9. The van der Waals surface area contributed by atoms with Crippen LogP contribution >= 0.6 is 34.2 Å². The van der Waals surface area contributed by atoms with Crippen molar-refractivity contribution in [1.82, 2.24) is 9.97 Å². The number of anilines is 1. The number of hydrogen-bond acceptors (Lipinski definition) is 3. The van der Waals surface area contributed by atoms with Gasteiger partial charge in [0.2, 0.25) is 5.95 Å². The van der Waals surface area contributed by atoms with E-state index in [9.17, 15) is 0 Å². The molecule has 0 N–H and O–H groups in total. The summed E-state index contributed by atoms with van der Waals surface area (Å²) in [5, 5.41) is 0.601. The largest absolute Gasteiger partial charge is 0.341 e. The minimum Gasteiger partial charge on any atom is -0.341 e. The van der Waals surface area contributed by atoms with Gasteiger partial charge >= 0.3 is 0 Å². The van der Waals surface area contributed by atoms with Gasteiger partial charge in [-0.1, -0.05) is 41.1 Å². The highest BCUT2D eigenvalue weighted by molar-refractivity contribution is 14.1. The van der Waals surface area contributed by atoms with E-state index in [-0.39, 0.29) is 0 Å². The van der Waals surface area contributed by atoms with Gasteiger partial charge in [-0.3, -0.25) is 0 Å². The van der Waals surface area contributed by atoms with E-state index in [1.165, 1.54) is 23.7 Å². The lowest BCUT2D eigenvalue weighted by Crippen LogP contribution is -2.35. The van der Waals surface area contributed by atoms with E-state index in [1.54, 1.807) is 12.4 Å². The molecule has 1 fully saturated rings. The van der Waals surface area contributed by atoms with Gasteiger partial charge < -0.3 is 4.90 Å². The Morgan fingerprint density at radius 2 is 2.00 bits per heavy atom. The molecule has 0 radical (unpaired) electrons. The van der Waals surface area contributed by atoms with Gasteiger partial charge in [0.15, 0.2) is 0 Å². The minimum absolute atomic E-state index is 0.601. The monoisotopic (exact) mass is 379 g/mol. The van der Waals surface area contributed by atoms with E-state index in [0.717, 1.165) is 30.9 Å². The quantitative estimate of drug-likeness (QED) is 0.588. The van der Waals surface area contributed by atoms with Crippen LogP contribution in [0.1, 0.15) is 26.2 Å². The van der Waals surface area contributed by atoms with Gasteiger partial charge in [-0.25, -0.2) is 9.97 Å². The number of nitrogens with zero attached hydrogens (tertiary/aromatic N) is 3. The van der Waals surface area contributed by atoms with Crippen LogP contribution in [0.2, 0.25) is 5.02 Å². The van der Waals surface area contributed by atoms with Crippen LogP contribution in [-0.2, 0) is 0 Å². The number of piperidine rings is 1. The van der Waals surface area contributed by atoms with Crippen molar-refractivity contribution in [3.05, 3.63) is 17.4 Å². The molecular formula is C13H19ClIN3. The third kappa shape index (κ3) is 3.95. The van der Waals surface area contributed by atoms with Crippen molar-refractivity contribution >= 4 is 40.1 Å². The maximum atomic E-state index is 5.80. The van der Waals surface area contributed by atoms with Crippen molar-refractivity contribution < 1.29 is 0 Å². The van der Waals surface area contributed by atoms with Crippen molar-refractivity contribution in [2.75, 3.05) is 22.4 Å². The van der Waals surface area contributed by atoms with Gasteiger partial charge in [-0.05, 0) is 31.1 Å². The summed E-state index contributed by atoms with van der Waals surface area (Å²) in [5.41, 5.74) is 0. The number of alkyl halides is 1. The summed E-state index contributed by atoms with van der Waals surface area (Å²) in [6.45, 7) is 4.49. The fraction of sp³-hybridized carbons (Fsp3) is 0.692. The maximum absolute atomic E-state index is 5.80. The van der Waals surface area contributed by atoms with E-state index in [4.69, 9.17) is 11.6 Å². The van der Waals surface area contributed by atoms with Crippen LogP contribution < -0.4 is 4.90 Å². The molecule has 0 bridgehead atoms. The molecule has 0 spiro atoms. The molecule has 2 heterocycles. The number of halogens is 2. The van der Waals surface area contributed by atoms with E-state index < -0.39 is 0 Å². The Labute approximate surface area is 127 Å². The Bertz CT molecular complexity index is 363. The highest BCUT2D eigenvalue weighted by atomic mass is 127. The van der Waals surface area contributed by atoms with Crippen LogP contribution in [-0.4, -0.2) is 27.5 Å². The summed E-state index contributed by atoms with van der Waals surface area (Å²) in [6, 6.07) is 0. The average molecular weight is 380 g/mol. The van der Waals surface area contributed by atoms with E-state index in [1.807, 2.05) is 0 Å². The van der Waals surface area contributed by atoms with Crippen LogP contribution in [0.5, 0.6) is 0 Å². The first kappa shape index (κ1) is 14.3. The Morgan fingerprint density at radius 1 is 1.39 bits per heavy atom. The summed E-state index contributed by atoms with van der Waals surface area (Å²) in [6.07, 6.45) is 7.22. The Hall–Kier alpha value is -0.100. The zero-order valence-corrected chi connectivity index (χ0v) is 13.6. The van der Waals surface area contributed by atoms with E-state index in [2.05, 4.69) is 44.4 Å². The fourth-order valence-electron chi connectivity index (χ4n) is 2.47. The number of hydrogen-bond donors (Lipinski definition) is 0. The Balaban J connectivity index is 1.84. The fourth-order valence-corrected chi connectivity index (χ4v) is 2.93. The molecule has 1 aliphatic heterocycles. The SMILES string of the molecule is C[C@@H](CI)CC1CCN(c2ncc(Cl)cn2)CC1. The van der Waals surface area contributed by atoms with Crippen LogP contribution in [0, 0.1) is 11.8 Å². The second-order valence-electron chi connectivity index (χ2n) is 5.13. The lowest BCUT2D eigenvalue weighted by molar-refractivity contribution is 0.340. The minimum atomic E-state index is 0.601. The van der Waals surface area contributed by atoms with Gasteiger partial charge in [-0.2, -0.15) is 0 Å². The second kappa shape index (κ2) is 6.89. The predicted octanol–water partition coefficient (Wildman–Crippen LogP) is 3.81. The van der Waals surface area contributed by atoms with Crippen LogP contribution in [0.4, 0.5) is 5.95 Å². The molecular weight excluding hydrogens is 361 g/mol. The molecule has 0 aliphatic carbocycles. The third-order valence-corrected chi connectivity index (χ3v) is 5.20. The summed E-state index contributed by atoms with van der Waals surface area (Å²) in [5.74, 6) is 2.53. The molecule has 3 nitrogen and oxygen atoms in total. The highest BCUT2D eigenvalue weighted by Gasteiger charge is 2.22. The van der Waals surface area contributed by atoms with Crippen molar-refractivity contribution in [3.8, 4) is 0 Å². The lowest BCUT2D eigenvalue weighted by atomic mass is 9.89. The highest BCUT2D eigenvalue weighted by Crippen LogP contribution is 2.26. The van der Waals surface area contributed by atoms with Crippen molar-refractivity contribution in [2.24, 2.45) is 11.8 Å². The topological polar surface area (TPSA) is 29.0 Å². The summed E-state index contributed by atoms with van der Waals surface area (Å²) >= 11 is 8.29. The zero-order valence-electron chi connectivity index (χ0n) is 10.6. The first-order valence-electron chi connectivity index (χ1n) is 6.47. The maximum Gasteiger partial charge on any atom is 0.225 e. The molecule has 1 aliphatic rings. The Morgan fingerprint density at radius 3 is 2.56 bits per heavy atom. The van der Waals surface area contributed by atoms with E-state index in [0.29, 0.717) is 5.02 Å². The van der Waals surface area contributed by atoms with Gasteiger partial charge in [0, 0.05) is 17.5 Å². The molecule has 1 aromatic heterocycles. The molecule has 1 atom stereocenters. The van der Waals surface area contributed by atoms with Crippen LogP contribution in [0.15, 0.2) is 12.4 Å². The van der Waals surface area contributed by atoms with Crippen LogP contribution in [0.25, 0.3) is 0 Å². The van der Waals surface area contributed by atoms with Crippen molar-refractivity contribution in [1.29, 1.82) is 0 Å². The first-order valence-corrected chi connectivity index (χ1v) is 8.38. The smallest absolute Gasteiger partial charge is 0.225 e. The predicted molar refractivity (Wildman–Crippen MR) is 84.6 cm³/mol. The summed E-state index contributed by atoms with van der Waals surface area (Å²) < 4.78 is 1.26. The molecule has 18 heavy (non-hydrogen) atoms. The van der Waals surface area contributed by atoms with Gasteiger partial charge in [0.25, 0.3) is 0 Å². The van der Waals surface area contributed by atoms with Crippen molar-refractivity contribution in [3.63, 3.8) is 0 Å². The molecule has 0 unspecified atom stereocenters. The van der Waals surface area contributed by atoms with E-state index >= 15 is 0 Å². The summed E-state index contributed by atoms with van der Waals surface area (Å²) in [7, 11) is 0.